The van der Waals surface area contributed by atoms with Crippen LogP contribution in [0.15, 0.2) is 42.9 Å². The number of alkyl halides is 3. The molecule has 0 saturated heterocycles. The quantitative estimate of drug-likeness (QED) is 0.602. The first-order valence-corrected chi connectivity index (χ1v) is 9.37. The Morgan fingerprint density at radius 2 is 2.00 bits per heavy atom. The van der Waals surface area contributed by atoms with E-state index in [-0.39, 0.29) is 29.5 Å². The van der Waals surface area contributed by atoms with E-state index in [9.17, 15) is 18.0 Å². The fourth-order valence-corrected chi connectivity index (χ4v) is 3.49. The highest BCUT2D eigenvalue weighted by atomic mass is 35.5. The van der Waals surface area contributed by atoms with Crippen LogP contribution >= 0.6 is 11.6 Å². The molecule has 0 fully saturated rings. The molecule has 0 aromatic carbocycles. The highest BCUT2D eigenvalue weighted by Crippen LogP contribution is 2.33. The summed E-state index contributed by atoms with van der Waals surface area (Å²) in [5, 5.41) is 7.28. The van der Waals surface area contributed by atoms with Gasteiger partial charge >= 0.3 is 12.2 Å². The summed E-state index contributed by atoms with van der Waals surface area (Å²) in [7, 11) is 0. The normalized spacial score (nSPS) is 16.3. The third kappa shape index (κ3) is 3.95. The van der Waals surface area contributed by atoms with Crippen molar-refractivity contribution in [2.75, 3.05) is 5.32 Å². The summed E-state index contributed by atoms with van der Waals surface area (Å²) in [6, 6.07) is 4.49. The molecule has 1 aliphatic rings. The SMILES string of the molecule is CC1Cn2ncc(-c3cc(C(F)(F)F)ccn3)c2CN1C(=O)Nc1ccnc(Cl)c1. The van der Waals surface area contributed by atoms with Crippen molar-refractivity contribution in [1.82, 2.24) is 24.6 Å². The number of hydrogen-bond donors (Lipinski definition) is 1. The Hall–Kier alpha value is -3.14. The second-order valence-electron chi connectivity index (χ2n) is 6.89. The van der Waals surface area contributed by atoms with Crippen molar-refractivity contribution in [2.45, 2.75) is 32.2 Å². The number of pyridine rings is 2. The van der Waals surface area contributed by atoms with E-state index in [1.807, 2.05) is 6.92 Å². The van der Waals surface area contributed by atoms with E-state index in [1.54, 1.807) is 15.6 Å². The number of nitrogens with one attached hydrogen (secondary N) is 1. The van der Waals surface area contributed by atoms with Crippen LogP contribution in [0.4, 0.5) is 23.7 Å². The highest BCUT2D eigenvalue weighted by molar-refractivity contribution is 6.29. The van der Waals surface area contributed by atoms with Crippen molar-refractivity contribution in [3.05, 3.63) is 59.3 Å². The van der Waals surface area contributed by atoms with E-state index in [0.29, 0.717) is 23.5 Å². The zero-order valence-corrected chi connectivity index (χ0v) is 16.4. The van der Waals surface area contributed by atoms with Crippen molar-refractivity contribution in [1.29, 1.82) is 0 Å². The molecular weight excluding hydrogens is 421 g/mol. The molecule has 4 heterocycles. The van der Waals surface area contributed by atoms with Gasteiger partial charge in [0.25, 0.3) is 0 Å². The van der Waals surface area contributed by atoms with Crippen LogP contribution in [0, 0.1) is 0 Å². The molecule has 1 N–H and O–H groups in total. The summed E-state index contributed by atoms with van der Waals surface area (Å²) in [5.74, 6) is 0. The van der Waals surface area contributed by atoms with Crippen molar-refractivity contribution < 1.29 is 18.0 Å². The maximum atomic E-state index is 13.1. The molecule has 2 amide bonds. The van der Waals surface area contributed by atoms with Gasteiger partial charge in [-0.05, 0) is 31.2 Å². The summed E-state index contributed by atoms with van der Waals surface area (Å²) < 4.78 is 40.9. The Balaban J connectivity index is 1.61. The fourth-order valence-electron chi connectivity index (χ4n) is 3.32. The molecule has 30 heavy (non-hydrogen) atoms. The van der Waals surface area contributed by atoms with Crippen LogP contribution in [0.2, 0.25) is 5.15 Å². The molecule has 1 atom stereocenters. The molecule has 156 valence electrons. The van der Waals surface area contributed by atoms with Gasteiger partial charge in [-0.15, -0.1) is 0 Å². The van der Waals surface area contributed by atoms with Crippen molar-refractivity contribution in [3.63, 3.8) is 0 Å². The molecule has 7 nitrogen and oxygen atoms in total. The van der Waals surface area contributed by atoms with Gasteiger partial charge in [0.2, 0.25) is 0 Å². The Kier molecular flexibility index (Phi) is 5.10. The molecule has 4 rings (SSSR count). The molecule has 0 saturated carbocycles. The van der Waals surface area contributed by atoms with Crippen LogP contribution in [0.25, 0.3) is 11.3 Å². The van der Waals surface area contributed by atoms with Gasteiger partial charge in [0.05, 0.1) is 42.3 Å². The van der Waals surface area contributed by atoms with E-state index < -0.39 is 11.7 Å². The summed E-state index contributed by atoms with van der Waals surface area (Å²) >= 11 is 5.85. The molecule has 3 aromatic rings. The lowest BCUT2D eigenvalue weighted by molar-refractivity contribution is -0.137. The van der Waals surface area contributed by atoms with Crippen LogP contribution in [-0.2, 0) is 19.3 Å². The second kappa shape index (κ2) is 7.60. The van der Waals surface area contributed by atoms with Gasteiger partial charge in [-0.3, -0.25) is 9.67 Å². The molecule has 0 radical (unpaired) electrons. The van der Waals surface area contributed by atoms with Crippen LogP contribution < -0.4 is 5.32 Å². The highest BCUT2D eigenvalue weighted by Gasteiger charge is 2.33. The smallest absolute Gasteiger partial charge is 0.314 e. The lowest BCUT2D eigenvalue weighted by Crippen LogP contribution is -2.47. The third-order valence-corrected chi connectivity index (χ3v) is 5.05. The van der Waals surface area contributed by atoms with Gasteiger partial charge in [0, 0.05) is 23.6 Å². The Morgan fingerprint density at radius 3 is 2.73 bits per heavy atom. The van der Waals surface area contributed by atoms with Crippen molar-refractivity contribution in [3.8, 4) is 11.3 Å². The number of fused-ring (bicyclic) bond motifs is 1. The Morgan fingerprint density at radius 1 is 1.23 bits per heavy atom. The number of nitrogens with zero attached hydrogens (tertiary/aromatic N) is 5. The number of halogens is 4. The average Bonchev–Trinajstić information content (AvgIpc) is 3.09. The van der Waals surface area contributed by atoms with Crippen molar-refractivity contribution in [2.24, 2.45) is 0 Å². The summed E-state index contributed by atoms with van der Waals surface area (Å²) in [5.41, 5.74) is 0.925. The van der Waals surface area contributed by atoms with Gasteiger partial charge in [0.1, 0.15) is 5.15 Å². The number of rotatable bonds is 2. The van der Waals surface area contributed by atoms with Gasteiger partial charge in [-0.2, -0.15) is 18.3 Å². The van der Waals surface area contributed by atoms with E-state index in [2.05, 4.69) is 20.4 Å². The van der Waals surface area contributed by atoms with Crippen molar-refractivity contribution >= 4 is 23.3 Å². The monoisotopic (exact) mass is 436 g/mol. The van der Waals surface area contributed by atoms with Crippen LogP contribution in [0.3, 0.4) is 0 Å². The first kappa shape index (κ1) is 20.1. The largest absolute Gasteiger partial charge is 0.416 e. The van der Waals surface area contributed by atoms with Gasteiger partial charge in [-0.25, -0.2) is 9.78 Å². The molecule has 0 bridgehead atoms. The number of amides is 2. The number of hydrogen-bond acceptors (Lipinski definition) is 4. The zero-order valence-electron chi connectivity index (χ0n) is 15.7. The summed E-state index contributed by atoms with van der Waals surface area (Å²) in [4.78, 5) is 22.3. The van der Waals surface area contributed by atoms with E-state index in [4.69, 9.17) is 11.6 Å². The number of carbonyl (C=O) groups is 1. The fraction of sp³-hybridized carbons (Fsp3) is 0.263. The summed E-state index contributed by atoms with van der Waals surface area (Å²) in [6.45, 7) is 2.43. The predicted molar refractivity (Wildman–Crippen MR) is 104 cm³/mol. The predicted octanol–water partition coefficient (Wildman–Crippen LogP) is 4.45. The number of aromatic nitrogens is 4. The van der Waals surface area contributed by atoms with Gasteiger partial charge in [-0.1, -0.05) is 11.6 Å². The molecule has 1 aliphatic heterocycles. The Labute approximate surface area is 174 Å². The number of urea groups is 1. The lowest BCUT2D eigenvalue weighted by Gasteiger charge is -2.34. The molecule has 0 aliphatic carbocycles. The standard InChI is InChI=1S/C19H16ClF3N6O/c1-11-9-29-16(10-28(11)18(30)27-13-3-5-25-17(20)7-13)14(8-26-29)15-6-12(2-4-24-15)19(21,22)23/h2-8,11H,9-10H2,1H3,(H,25,27,30). The molecule has 0 spiro atoms. The van der Waals surface area contributed by atoms with E-state index in [1.165, 1.54) is 18.5 Å². The third-order valence-electron chi connectivity index (χ3n) is 4.84. The van der Waals surface area contributed by atoms with Crippen LogP contribution in [-0.4, -0.2) is 36.7 Å². The van der Waals surface area contributed by atoms with Crippen LogP contribution in [0.1, 0.15) is 18.2 Å². The second-order valence-corrected chi connectivity index (χ2v) is 7.28. The first-order chi connectivity index (χ1) is 14.2. The first-order valence-electron chi connectivity index (χ1n) is 9.00. The molecule has 3 aromatic heterocycles. The zero-order chi connectivity index (χ0) is 21.5. The minimum Gasteiger partial charge on any atom is -0.314 e. The molecule has 1 unspecified atom stereocenters. The summed E-state index contributed by atoms with van der Waals surface area (Å²) in [6.07, 6.45) is -0.402. The minimum absolute atomic E-state index is 0.155. The van der Waals surface area contributed by atoms with Gasteiger partial charge in [0.15, 0.2) is 0 Å². The van der Waals surface area contributed by atoms with Crippen LogP contribution in [0.5, 0.6) is 0 Å². The lowest BCUT2D eigenvalue weighted by atomic mass is 10.1. The number of carbonyl (C=O) groups excluding carboxylic acids is 1. The van der Waals surface area contributed by atoms with E-state index >= 15 is 0 Å². The molecular formula is C19H16ClF3N6O. The Bertz CT molecular complexity index is 1100. The maximum Gasteiger partial charge on any atom is 0.416 e. The molecule has 11 heteroatoms. The average molecular weight is 437 g/mol. The van der Waals surface area contributed by atoms with E-state index in [0.717, 1.165) is 18.3 Å². The topological polar surface area (TPSA) is 75.9 Å². The van der Waals surface area contributed by atoms with Gasteiger partial charge < -0.3 is 10.2 Å². The number of anilines is 1. The maximum absolute atomic E-state index is 13.1. The minimum atomic E-state index is -4.48.